The van der Waals surface area contributed by atoms with Crippen molar-refractivity contribution in [1.29, 1.82) is 0 Å². The molecule has 0 spiro atoms. The number of rotatable bonds is 4. The number of ketones is 1. The highest BCUT2D eigenvalue weighted by Crippen LogP contribution is 2.21. The molecule has 4 heteroatoms. The Hall–Kier alpha value is -3.14. The maximum absolute atomic E-state index is 12.2. The lowest BCUT2D eigenvalue weighted by atomic mass is 10.1. The molecule has 0 atom stereocenters. The molecule has 0 aliphatic rings. The van der Waals surface area contributed by atoms with Gasteiger partial charge in [-0.25, -0.2) is 4.99 Å². The fraction of sp³-hybridized carbons (Fsp3) is 0.100. The minimum absolute atomic E-state index is 0.105. The van der Waals surface area contributed by atoms with Gasteiger partial charge in [0.25, 0.3) is 0 Å². The van der Waals surface area contributed by atoms with Gasteiger partial charge in [0.15, 0.2) is 5.78 Å². The first kappa shape index (κ1) is 15.7. The second kappa shape index (κ2) is 6.96. The quantitative estimate of drug-likeness (QED) is 0.705. The largest absolute Gasteiger partial charge is 0.445 e. The smallest absolute Gasteiger partial charge is 0.210 e. The molecule has 0 saturated carbocycles. The molecule has 4 nitrogen and oxygen atoms in total. The Kier molecular flexibility index (Phi) is 4.57. The second-order valence-electron chi connectivity index (χ2n) is 5.44. The Bertz CT molecular complexity index is 913. The average Bonchev–Trinajstić information content (AvgIpc) is 2.56. The van der Waals surface area contributed by atoms with Crippen LogP contribution in [0.2, 0.25) is 0 Å². The number of nitrogens with one attached hydrogen (secondary N) is 1. The van der Waals surface area contributed by atoms with E-state index in [1.807, 2.05) is 67.6 Å². The molecule has 0 amide bonds. The van der Waals surface area contributed by atoms with Crippen molar-refractivity contribution in [3.8, 4) is 0 Å². The summed E-state index contributed by atoms with van der Waals surface area (Å²) in [7, 11) is 0. The number of carbonyl (C=O) groups is 1. The van der Waals surface area contributed by atoms with Gasteiger partial charge in [-0.1, -0.05) is 36.4 Å². The van der Waals surface area contributed by atoms with Crippen molar-refractivity contribution in [3.63, 3.8) is 0 Å². The summed E-state index contributed by atoms with van der Waals surface area (Å²) in [4.78, 5) is 16.8. The molecule has 0 unspecified atom stereocenters. The van der Waals surface area contributed by atoms with Gasteiger partial charge in [-0.05, 0) is 38.1 Å². The van der Waals surface area contributed by atoms with E-state index in [0.717, 1.165) is 11.4 Å². The van der Waals surface area contributed by atoms with E-state index in [9.17, 15) is 4.79 Å². The standard InChI is InChI=1S/C20H18N2O2/c1-14-13-18(21-16-9-5-3-6-10-16)19(15(2)23)20(24-14)22-17-11-7-4-8-12-17/h3-13,22H,1-2H3. The molecule has 3 rings (SSSR count). The molecule has 0 fully saturated rings. The fourth-order valence-electron chi connectivity index (χ4n) is 2.43. The van der Waals surface area contributed by atoms with Crippen LogP contribution in [0.25, 0.3) is 0 Å². The Morgan fingerprint density at radius 1 is 1.00 bits per heavy atom. The molecule has 0 aliphatic carbocycles. The second-order valence-corrected chi connectivity index (χ2v) is 5.44. The Morgan fingerprint density at radius 2 is 1.62 bits per heavy atom. The SMILES string of the molecule is CC(=O)c1c(Nc2ccccc2)oc(C)cc1=Nc1ccccc1. The topological polar surface area (TPSA) is 54.6 Å². The maximum atomic E-state index is 12.2. The van der Waals surface area contributed by atoms with Crippen LogP contribution in [0.3, 0.4) is 0 Å². The van der Waals surface area contributed by atoms with Gasteiger partial charge in [0, 0.05) is 11.8 Å². The van der Waals surface area contributed by atoms with Gasteiger partial charge in [-0.3, -0.25) is 4.79 Å². The molecule has 0 saturated heterocycles. The highest BCUT2D eigenvalue weighted by atomic mass is 16.4. The van der Waals surface area contributed by atoms with Crippen molar-refractivity contribution in [3.05, 3.63) is 83.4 Å². The molecular weight excluding hydrogens is 300 g/mol. The summed E-state index contributed by atoms with van der Waals surface area (Å²) in [5.74, 6) is 0.975. The van der Waals surface area contributed by atoms with Crippen LogP contribution in [0.5, 0.6) is 0 Å². The van der Waals surface area contributed by atoms with Crippen molar-refractivity contribution in [2.24, 2.45) is 4.99 Å². The van der Waals surface area contributed by atoms with E-state index in [4.69, 9.17) is 4.42 Å². The Labute approximate surface area is 140 Å². The van der Waals surface area contributed by atoms with E-state index in [-0.39, 0.29) is 5.78 Å². The van der Waals surface area contributed by atoms with Crippen LogP contribution < -0.4 is 10.7 Å². The van der Waals surface area contributed by atoms with Crippen molar-refractivity contribution < 1.29 is 9.21 Å². The van der Waals surface area contributed by atoms with Gasteiger partial charge in [0.2, 0.25) is 5.88 Å². The van der Waals surface area contributed by atoms with Crippen LogP contribution in [0.4, 0.5) is 17.3 Å². The summed E-state index contributed by atoms with van der Waals surface area (Å²) >= 11 is 0. The molecule has 24 heavy (non-hydrogen) atoms. The number of hydrogen-bond donors (Lipinski definition) is 1. The van der Waals surface area contributed by atoms with Gasteiger partial charge in [0.1, 0.15) is 11.3 Å². The molecule has 0 aliphatic heterocycles. The van der Waals surface area contributed by atoms with E-state index >= 15 is 0 Å². The third-order valence-electron chi connectivity index (χ3n) is 3.48. The molecule has 120 valence electrons. The number of para-hydroxylation sites is 2. The van der Waals surface area contributed by atoms with Crippen LogP contribution in [0.1, 0.15) is 23.0 Å². The number of carbonyl (C=O) groups excluding carboxylic acids is 1. The van der Waals surface area contributed by atoms with E-state index in [1.54, 1.807) is 6.07 Å². The van der Waals surface area contributed by atoms with Gasteiger partial charge >= 0.3 is 0 Å². The number of nitrogens with zero attached hydrogens (tertiary/aromatic N) is 1. The van der Waals surface area contributed by atoms with Crippen molar-refractivity contribution in [1.82, 2.24) is 0 Å². The Morgan fingerprint density at radius 3 is 2.25 bits per heavy atom. The number of Topliss-reactive ketones (excluding diaryl/α,β-unsaturated/α-hetero) is 1. The summed E-state index contributed by atoms with van der Waals surface area (Å²) in [6, 6.07) is 20.9. The van der Waals surface area contributed by atoms with Crippen LogP contribution in [0.15, 0.2) is 76.1 Å². The van der Waals surface area contributed by atoms with Gasteiger partial charge in [-0.2, -0.15) is 0 Å². The number of anilines is 2. The minimum atomic E-state index is -0.105. The summed E-state index contributed by atoms with van der Waals surface area (Å²) in [6.07, 6.45) is 0. The number of benzene rings is 2. The molecule has 1 aromatic heterocycles. The molecule has 2 aromatic carbocycles. The molecule has 3 aromatic rings. The lowest BCUT2D eigenvalue weighted by molar-refractivity contribution is 0.101. The van der Waals surface area contributed by atoms with E-state index in [0.29, 0.717) is 22.6 Å². The van der Waals surface area contributed by atoms with Gasteiger partial charge in [-0.15, -0.1) is 0 Å². The van der Waals surface area contributed by atoms with Crippen LogP contribution in [0, 0.1) is 6.92 Å². The maximum Gasteiger partial charge on any atom is 0.210 e. The fourth-order valence-corrected chi connectivity index (χ4v) is 2.43. The highest BCUT2D eigenvalue weighted by Gasteiger charge is 2.14. The predicted molar refractivity (Wildman–Crippen MR) is 94.8 cm³/mol. The number of aryl methyl sites for hydroxylation is 1. The zero-order valence-corrected chi connectivity index (χ0v) is 13.6. The average molecular weight is 318 g/mol. The van der Waals surface area contributed by atoms with E-state index in [2.05, 4.69) is 10.3 Å². The van der Waals surface area contributed by atoms with Crippen LogP contribution in [-0.2, 0) is 0 Å². The predicted octanol–water partition coefficient (Wildman–Crippen LogP) is 4.77. The van der Waals surface area contributed by atoms with Crippen LogP contribution in [-0.4, -0.2) is 5.78 Å². The van der Waals surface area contributed by atoms with Crippen molar-refractivity contribution in [2.45, 2.75) is 13.8 Å². The summed E-state index contributed by atoms with van der Waals surface area (Å²) in [5.41, 5.74) is 2.07. The first-order valence-corrected chi connectivity index (χ1v) is 7.71. The first-order chi connectivity index (χ1) is 11.6. The van der Waals surface area contributed by atoms with Gasteiger partial charge in [0.05, 0.1) is 11.0 Å². The molecular formula is C20H18N2O2. The molecule has 0 radical (unpaired) electrons. The van der Waals surface area contributed by atoms with E-state index in [1.165, 1.54) is 6.92 Å². The van der Waals surface area contributed by atoms with Crippen LogP contribution >= 0.6 is 0 Å². The Balaban J connectivity index is 2.16. The monoisotopic (exact) mass is 318 g/mol. The van der Waals surface area contributed by atoms with Crippen molar-refractivity contribution in [2.75, 3.05) is 5.32 Å². The zero-order valence-electron chi connectivity index (χ0n) is 13.6. The molecule has 0 bridgehead atoms. The summed E-state index contributed by atoms with van der Waals surface area (Å²) in [5, 5.41) is 3.77. The van der Waals surface area contributed by atoms with Crippen molar-refractivity contribution >= 4 is 23.0 Å². The highest BCUT2D eigenvalue weighted by molar-refractivity contribution is 5.98. The normalized spacial score (nSPS) is 11.3. The molecule has 1 N–H and O–H groups in total. The lowest BCUT2D eigenvalue weighted by Gasteiger charge is -2.10. The zero-order chi connectivity index (χ0) is 16.9. The lowest BCUT2D eigenvalue weighted by Crippen LogP contribution is -2.16. The van der Waals surface area contributed by atoms with Gasteiger partial charge < -0.3 is 9.73 Å². The summed E-state index contributed by atoms with van der Waals surface area (Å²) in [6.45, 7) is 3.35. The molecule has 1 heterocycles. The third kappa shape index (κ3) is 3.60. The third-order valence-corrected chi connectivity index (χ3v) is 3.48. The number of hydrogen-bond acceptors (Lipinski definition) is 4. The minimum Gasteiger partial charge on any atom is -0.445 e. The first-order valence-electron chi connectivity index (χ1n) is 7.71. The summed E-state index contributed by atoms with van der Waals surface area (Å²) < 4.78 is 5.76. The van der Waals surface area contributed by atoms with E-state index < -0.39 is 0 Å².